The third kappa shape index (κ3) is 3.31. The molecular weight excluding hydrogens is 243 g/mol. The fourth-order valence-corrected chi connectivity index (χ4v) is 1.81. The summed E-state index contributed by atoms with van der Waals surface area (Å²) in [6.07, 6.45) is 0. The van der Waals surface area contributed by atoms with Gasteiger partial charge in [-0.25, -0.2) is 4.39 Å². The highest BCUT2D eigenvalue weighted by atomic mass is 35.5. The highest BCUT2D eigenvalue weighted by molar-refractivity contribution is 5.85. The second-order valence-corrected chi connectivity index (χ2v) is 4.20. The first-order valence-electron chi connectivity index (χ1n) is 5.44. The number of hydrogen-bond donors (Lipinski definition) is 1. The fraction of sp³-hybridized carbons (Fsp3) is 0.500. The molecule has 96 valence electrons. The lowest BCUT2D eigenvalue weighted by Gasteiger charge is -2.35. The smallest absolute Gasteiger partial charge is 0.165 e. The molecule has 0 unspecified atom stereocenters. The number of hydrogen-bond acceptors (Lipinski definition) is 3. The molecule has 1 saturated heterocycles. The predicted molar refractivity (Wildman–Crippen MR) is 68.3 cm³/mol. The summed E-state index contributed by atoms with van der Waals surface area (Å²) in [4.78, 5) is 2.23. The van der Waals surface area contributed by atoms with E-state index in [-0.39, 0.29) is 18.2 Å². The molecule has 0 atom stereocenters. The zero-order valence-electron chi connectivity index (χ0n) is 10.1. The number of ether oxygens (including phenoxy) is 1. The Balaban J connectivity index is 0.00000144. The van der Waals surface area contributed by atoms with E-state index in [1.165, 1.54) is 7.11 Å². The van der Waals surface area contributed by atoms with Crippen LogP contribution in [0.1, 0.15) is 5.56 Å². The summed E-state index contributed by atoms with van der Waals surface area (Å²) in [6, 6.07) is 5.70. The number of benzene rings is 1. The van der Waals surface area contributed by atoms with Crippen LogP contribution in [0.3, 0.4) is 0 Å². The van der Waals surface area contributed by atoms with Gasteiger partial charge in [0.15, 0.2) is 11.6 Å². The van der Waals surface area contributed by atoms with E-state index in [1.807, 2.05) is 6.07 Å². The monoisotopic (exact) mass is 260 g/mol. The lowest BCUT2D eigenvalue weighted by molar-refractivity contribution is 0.173. The summed E-state index contributed by atoms with van der Waals surface area (Å²) in [7, 11) is 3.54. The molecule has 3 nitrogen and oxygen atoms in total. The molecule has 1 N–H and O–H groups in total. The van der Waals surface area contributed by atoms with Crippen molar-refractivity contribution < 1.29 is 9.13 Å². The lowest BCUT2D eigenvalue weighted by Crippen LogP contribution is -2.55. The van der Waals surface area contributed by atoms with Crippen LogP contribution in [0.4, 0.5) is 4.39 Å². The first-order chi connectivity index (χ1) is 7.70. The van der Waals surface area contributed by atoms with Crippen molar-refractivity contribution in [1.29, 1.82) is 0 Å². The molecule has 1 fully saturated rings. The molecule has 1 aliphatic rings. The first-order valence-corrected chi connectivity index (χ1v) is 5.44. The lowest BCUT2D eigenvalue weighted by atomic mass is 10.1. The van der Waals surface area contributed by atoms with E-state index in [2.05, 4.69) is 17.3 Å². The van der Waals surface area contributed by atoms with E-state index < -0.39 is 0 Å². The SMILES string of the molecule is COc1ccc(CN(C)C2CNC2)cc1F.Cl. The van der Waals surface area contributed by atoms with E-state index in [9.17, 15) is 4.39 Å². The van der Waals surface area contributed by atoms with Crippen LogP contribution in [-0.4, -0.2) is 38.2 Å². The second-order valence-electron chi connectivity index (χ2n) is 4.20. The molecule has 17 heavy (non-hydrogen) atoms. The minimum absolute atomic E-state index is 0. The van der Waals surface area contributed by atoms with Gasteiger partial charge in [0.1, 0.15) is 0 Å². The molecule has 0 saturated carbocycles. The van der Waals surface area contributed by atoms with Crippen molar-refractivity contribution in [2.75, 3.05) is 27.2 Å². The van der Waals surface area contributed by atoms with Gasteiger partial charge in [0.2, 0.25) is 0 Å². The van der Waals surface area contributed by atoms with Crippen molar-refractivity contribution in [3.05, 3.63) is 29.6 Å². The van der Waals surface area contributed by atoms with Gasteiger partial charge >= 0.3 is 0 Å². The van der Waals surface area contributed by atoms with Crippen molar-refractivity contribution in [1.82, 2.24) is 10.2 Å². The number of methoxy groups -OCH3 is 1. The van der Waals surface area contributed by atoms with Crippen molar-refractivity contribution >= 4 is 12.4 Å². The predicted octanol–water partition coefficient (Wildman–Crippen LogP) is 1.66. The van der Waals surface area contributed by atoms with Gasteiger partial charge in [0.25, 0.3) is 0 Å². The van der Waals surface area contributed by atoms with Gasteiger partial charge < -0.3 is 10.1 Å². The molecule has 0 amide bonds. The van der Waals surface area contributed by atoms with E-state index >= 15 is 0 Å². The maximum Gasteiger partial charge on any atom is 0.165 e. The van der Waals surface area contributed by atoms with Gasteiger partial charge in [-0.15, -0.1) is 12.4 Å². The normalized spacial score (nSPS) is 15.3. The molecule has 0 radical (unpaired) electrons. The summed E-state index contributed by atoms with van der Waals surface area (Å²) >= 11 is 0. The first kappa shape index (κ1) is 14.2. The third-order valence-corrected chi connectivity index (χ3v) is 3.03. The zero-order chi connectivity index (χ0) is 11.5. The minimum atomic E-state index is -0.292. The van der Waals surface area contributed by atoms with E-state index in [1.54, 1.807) is 12.1 Å². The van der Waals surface area contributed by atoms with Crippen LogP contribution in [0.15, 0.2) is 18.2 Å². The Morgan fingerprint density at radius 1 is 1.47 bits per heavy atom. The molecule has 2 rings (SSSR count). The molecule has 1 aliphatic heterocycles. The third-order valence-electron chi connectivity index (χ3n) is 3.03. The average Bonchev–Trinajstić information content (AvgIpc) is 2.15. The second kappa shape index (κ2) is 6.19. The largest absolute Gasteiger partial charge is 0.494 e. The van der Waals surface area contributed by atoms with Gasteiger partial charge in [0.05, 0.1) is 7.11 Å². The van der Waals surface area contributed by atoms with E-state index in [4.69, 9.17) is 4.74 Å². The number of nitrogens with zero attached hydrogens (tertiary/aromatic N) is 1. The van der Waals surface area contributed by atoms with Crippen LogP contribution in [0.5, 0.6) is 5.75 Å². The Kier molecular flexibility index (Phi) is 5.18. The highest BCUT2D eigenvalue weighted by Crippen LogP contribution is 2.19. The van der Waals surface area contributed by atoms with Crippen molar-refractivity contribution in [2.45, 2.75) is 12.6 Å². The number of halogens is 2. The Morgan fingerprint density at radius 2 is 2.18 bits per heavy atom. The van der Waals surface area contributed by atoms with Crippen LogP contribution in [0, 0.1) is 5.82 Å². The van der Waals surface area contributed by atoms with Crippen molar-refractivity contribution in [3.8, 4) is 5.75 Å². The summed E-state index contributed by atoms with van der Waals surface area (Å²) in [5.74, 6) is 0.0110. The maximum atomic E-state index is 13.4. The molecule has 0 aliphatic carbocycles. The molecule has 0 bridgehead atoms. The number of likely N-dealkylation sites (N-methyl/N-ethyl adjacent to an activating group) is 1. The molecule has 0 spiro atoms. The summed E-state index contributed by atoms with van der Waals surface area (Å²) in [6.45, 7) is 2.82. The van der Waals surface area contributed by atoms with Gasteiger partial charge in [-0.05, 0) is 24.7 Å². The maximum absolute atomic E-state index is 13.4. The summed E-state index contributed by atoms with van der Waals surface area (Å²) in [5, 5.41) is 3.22. The van der Waals surface area contributed by atoms with Gasteiger partial charge in [0, 0.05) is 25.7 Å². The zero-order valence-corrected chi connectivity index (χ0v) is 10.9. The van der Waals surface area contributed by atoms with Crippen LogP contribution in [0.25, 0.3) is 0 Å². The molecule has 1 heterocycles. The Bertz CT molecular complexity index is 372. The summed E-state index contributed by atoms with van der Waals surface area (Å²) in [5.41, 5.74) is 0.979. The molecular formula is C12H18ClFN2O. The van der Waals surface area contributed by atoms with Gasteiger partial charge in [-0.1, -0.05) is 6.07 Å². The van der Waals surface area contributed by atoms with Crippen LogP contribution in [-0.2, 0) is 6.54 Å². The minimum Gasteiger partial charge on any atom is -0.494 e. The quantitative estimate of drug-likeness (QED) is 0.891. The highest BCUT2D eigenvalue weighted by Gasteiger charge is 2.21. The number of nitrogens with one attached hydrogen (secondary N) is 1. The molecule has 0 aromatic heterocycles. The van der Waals surface area contributed by atoms with Crippen LogP contribution >= 0.6 is 12.4 Å². The summed E-state index contributed by atoms with van der Waals surface area (Å²) < 4.78 is 18.3. The Morgan fingerprint density at radius 3 is 2.65 bits per heavy atom. The average molecular weight is 261 g/mol. The Hall–Kier alpha value is -0.840. The van der Waals surface area contributed by atoms with Gasteiger partial charge in [-0.2, -0.15) is 0 Å². The molecule has 1 aromatic rings. The Labute approximate surface area is 107 Å². The number of rotatable bonds is 4. The standard InChI is InChI=1S/C12H17FN2O.ClH/c1-15(10-6-14-7-10)8-9-3-4-12(16-2)11(13)5-9;/h3-5,10,14H,6-8H2,1-2H3;1H. The molecule has 1 aromatic carbocycles. The molecule has 5 heteroatoms. The van der Waals surface area contributed by atoms with Crippen LogP contribution in [0.2, 0.25) is 0 Å². The van der Waals surface area contributed by atoms with Gasteiger partial charge in [-0.3, -0.25) is 4.90 Å². The fourth-order valence-electron chi connectivity index (χ4n) is 1.81. The van der Waals surface area contributed by atoms with Crippen molar-refractivity contribution in [2.24, 2.45) is 0 Å². The topological polar surface area (TPSA) is 24.5 Å². The van der Waals surface area contributed by atoms with Crippen molar-refractivity contribution in [3.63, 3.8) is 0 Å². The van der Waals surface area contributed by atoms with Crippen LogP contribution < -0.4 is 10.1 Å². The van der Waals surface area contributed by atoms with E-state index in [0.717, 1.165) is 25.2 Å². The van der Waals surface area contributed by atoms with E-state index in [0.29, 0.717) is 11.8 Å².